The molecule has 0 saturated heterocycles. The van der Waals surface area contributed by atoms with Crippen molar-refractivity contribution in [2.45, 2.75) is 37.3 Å². The highest BCUT2D eigenvalue weighted by Crippen LogP contribution is 2.19. The molecule has 3 unspecified atom stereocenters. The lowest BCUT2D eigenvalue weighted by molar-refractivity contribution is -0.135. The maximum Gasteiger partial charge on any atom is 0.108 e. The Morgan fingerprint density at radius 1 is 0.700 bits per heavy atom. The van der Waals surface area contributed by atoms with Gasteiger partial charge in [0.15, 0.2) is 0 Å². The minimum atomic E-state index is -1.19. The van der Waals surface area contributed by atoms with Gasteiger partial charge in [-0.05, 0) is 12.8 Å². The summed E-state index contributed by atoms with van der Waals surface area (Å²) in [6.45, 7) is 0. The molecule has 0 bridgehead atoms. The van der Waals surface area contributed by atoms with Gasteiger partial charge in [0, 0.05) is 0 Å². The van der Waals surface area contributed by atoms with Crippen molar-refractivity contribution in [3.63, 3.8) is 0 Å². The van der Waals surface area contributed by atoms with Crippen LogP contribution in [-0.4, -0.2) is 44.8 Å². The number of aliphatic hydroxyl groups is 4. The molecule has 60 valence electrons. The fourth-order valence-corrected chi connectivity index (χ4v) is 1.14. The first kappa shape index (κ1) is 7.94. The summed E-state index contributed by atoms with van der Waals surface area (Å²) in [6, 6.07) is 0. The summed E-state index contributed by atoms with van der Waals surface area (Å²) in [4.78, 5) is 0. The van der Waals surface area contributed by atoms with E-state index in [0.29, 0.717) is 12.8 Å². The van der Waals surface area contributed by atoms with Gasteiger partial charge in [-0.3, -0.25) is 0 Å². The van der Waals surface area contributed by atoms with E-state index in [1.54, 1.807) is 0 Å². The summed E-state index contributed by atoms with van der Waals surface area (Å²) in [5, 5.41) is 35.8. The van der Waals surface area contributed by atoms with Crippen molar-refractivity contribution in [2.75, 3.05) is 0 Å². The smallest absolute Gasteiger partial charge is 0.108 e. The van der Waals surface area contributed by atoms with Crippen LogP contribution in [0.2, 0.25) is 0 Å². The van der Waals surface area contributed by atoms with Crippen LogP contribution >= 0.6 is 0 Å². The van der Waals surface area contributed by atoms with Crippen LogP contribution in [-0.2, 0) is 0 Å². The van der Waals surface area contributed by atoms with Gasteiger partial charge in [0.25, 0.3) is 0 Å². The van der Waals surface area contributed by atoms with Crippen molar-refractivity contribution in [1.29, 1.82) is 0 Å². The number of aliphatic hydroxyl groups excluding tert-OH is 4. The molecule has 0 radical (unpaired) electrons. The lowest BCUT2D eigenvalue weighted by atomic mass is 9.90. The minimum Gasteiger partial charge on any atom is -0.390 e. The molecule has 1 saturated carbocycles. The lowest BCUT2D eigenvalue weighted by Crippen LogP contribution is -2.48. The summed E-state index contributed by atoms with van der Waals surface area (Å²) in [7, 11) is 0. The number of hydrogen-bond donors (Lipinski definition) is 4. The van der Waals surface area contributed by atoms with Crippen LogP contribution in [0.5, 0.6) is 0 Å². The largest absolute Gasteiger partial charge is 0.390 e. The van der Waals surface area contributed by atoms with Crippen molar-refractivity contribution in [3.05, 3.63) is 0 Å². The molecule has 1 aliphatic rings. The molecule has 10 heavy (non-hydrogen) atoms. The van der Waals surface area contributed by atoms with E-state index in [9.17, 15) is 0 Å². The molecular weight excluding hydrogens is 136 g/mol. The lowest BCUT2D eigenvalue weighted by Gasteiger charge is -2.31. The van der Waals surface area contributed by atoms with Crippen molar-refractivity contribution in [3.8, 4) is 0 Å². The molecule has 0 aromatic rings. The first-order valence-electron chi connectivity index (χ1n) is 3.35. The van der Waals surface area contributed by atoms with E-state index < -0.39 is 24.4 Å². The van der Waals surface area contributed by atoms with Gasteiger partial charge in [0.05, 0.1) is 12.2 Å². The quantitative estimate of drug-likeness (QED) is 0.327. The van der Waals surface area contributed by atoms with Gasteiger partial charge in [0.2, 0.25) is 0 Å². The van der Waals surface area contributed by atoms with Gasteiger partial charge in [-0.15, -0.1) is 0 Å². The molecule has 0 aliphatic heterocycles. The third kappa shape index (κ3) is 1.29. The highest BCUT2D eigenvalue weighted by molar-refractivity contribution is 4.86. The summed E-state index contributed by atoms with van der Waals surface area (Å²) in [6.07, 6.45) is -3.47. The highest BCUT2D eigenvalue weighted by atomic mass is 16.4. The maximum absolute atomic E-state index is 8.96. The zero-order valence-electron chi connectivity index (χ0n) is 5.51. The fraction of sp³-hybridized carbons (Fsp3) is 1.00. The molecule has 4 nitrogen and oxygen atoms in total. The summed E-state index contributed by atoms with van der Waals surface area (Å²) < 4.78 is 0. The van der Waals surface area contributed by atoms with E-state index in [2.05, 4.69) is 0 Å². The van der Waals surface area contributed by atoms with Crippen molar-refractivity contribution in [2.24, 2.45) is 0 Å². The van der Waals surface area contributed by atoms with E-state index in [-0.39, 0.29) is 0 Å². The predicted octanol–water partition coefficient (Wildman–Crippen LogP) is -1.78. The van der Waals surface area contributed by atoms with Gasteiger partial charge in [0.1, 0.15) is 12.2 Å². The Morgan fingerprint density at radius 2 is 1.00 bits per heavy atom. The second kappa shape index (κ2) is 2.84. The van der Waals surface area contributed by atoms with Gasteiger partial charge in [-0.2, -0.15) is 0 Å². The van der Waals surface area contributed by atoms with E-state index in [4.69, 9.17) is 20.4 Å². The Hall–Kier alpha value is -0.160. The van der Waals surface area contributed by atoms with Crippen LogP contribution in [0.4, 0.5) is 0 Å². The Balaban J connectivity index is 2.52. The minimum absolute atomic E-state index is 0.347. The monoisotopic (exact) mass is 148 g/mol. The molecule has 4 heteroatoms. The van der Waals surface area contributed by atoms with Crippen molar-refractivity contribution in [1.82, 2.24) is 0 Å². The zero-order valence-corrected chi connectivity index (χ0v) is 5.51. The summed E-state index contributed by atoms with van der Waals surface area (Å²) >= 11 is 0. The second-order valence-corrected chi connectivity index (χ2v) is 2.69. The Morgan fingerprint density at radius 3 is 1.30 bits per heavy atom. The Bertz CT molecular complexity index is 102. The van der Waals surface area contributed by atoms with Crippen molar-refractivity contribution < 1.29 is 20.4 Å². The predicted molar refractivity (Wildman–Crippen MR) is 33.3 cm³/mol. The number of rotatable bonds is 0. The van der Waals surface area contributed by atoms with Crippen LogP contribution in [0, 0.1) is 0 Å². The van der Waals surface area contributed by atoms with Gasteiger partial charge >= 0.3 is 0 Å². The van der Waals surface area contributed by atoms with Gasteiger partial charge in [-0.25, -0.2) is 0 Å². The molecular formula is C6H12O4. The molecule has 4 atom stereocenters. The molecule has 0 aromatic heterocycles. The Labute approximate surface area is 58.7 Å². The third-order valence-corrected chi connectivity index (χ3v) is 1.90. The van der Waals surface area contributed by atoms with Crippen LogP contribution in [0.15, 0.2) is 0 Å². The van der Waals surface area contributed by atoms with Crippen LogP contribution in [0.25, 0.3) is 0 Å². The molecule has 1 fully saturated rings. The molecule has 0 spiro atoms. The summed E-state index contributed by atoms with van der Waals surface area (Å²) in [5.41, 5.74) is 0. The SMILES string of the molecule is OC1CC[C@H](O)C(O)C1O. The zero-order chi connectivity index (χ0) is 7.72. The normalized spacial score (nSPS) is 49.2. The average molecular weight is 148 g/mol. The van der Waals surface area contributed by atoms with E-state index in [0.717, 1.165) is 0 Å². The van der Waals surface area contributed by atoms with E-state index >= 15 is 0 Å². The van der Waals surface area contributed by atoms with Crippen LogP contribution in [0.1, 0.15) is 12.8 Å². The maximum atomic E-state index is 8.96. The Kier molecular flexibility index (Phi) is 2.25. The van der Waals surface area contributed by atoms with E-state index in [1.165, 1.54) is 0 Å². The fourth-order valence-electron chi connectivity index (χ4n) is 1.14. The molecule has 0 heterocycles. The van der Waals surface area contributed by atoms with Gasteiger partial charge in [-0.1, -0.05) is 0 Å². The summed E-state index contributed by atoms with van der Waals surface area (Å²) in [5.74, 6) is 0. The molecule has 4 N–H and O–H groups in total. The standard InChI is InChI=1S/C6H12O4/c7-3-1-2-4(8)6(10)5(3)9/h3-10H,1-2H2/t3-,4?,5?,6?/m0/s1. The first-order chi connectivity index (χ1) is 4.63. The van der Waals surface area contributed by atoms with Crippen molar-refractivity contribution >= 4 is 0 Å². The van der Waals surface area contributed by atoms with Gasteiger partial charge < -0.3 is 20.4 Å². The highest BCUT2D eigenvalue weighted by Gasteiger charge is 2.34. The van der Waals surface area contributed by atoms with E-state index in [1.807, 2.05) is 0 Å². The topological polar surface area (TPSA) is 80.9 Å². The third-order valence-electron chi connectivity index (χ3n) is 1.90. The molecule has 0 aromatic carbocycles. The average Bonchev–Trinajstić information content (AvgIpc) is 1.93. The second-order valence-electron chi connectivity index (χ2n) is 2.69. The number of hydrogen-bond acceptors (Lipinski definition) is 4. The molecule has 1 aliphatic carbocycles. The first-order valence-corrected chi connectivity index (χ1v) is 3.35. The van der Waals surface area contributed by atoms with Crippen LogP contribution < -0.4 is 0 Å². The molecule has 1 rings (SSSR count). The molecule has 0 amide bonds. The van der Waals surface area contributed by atoms with Crippen LogP contribution in [0.3, 0.4) is 0 Å².